The van der Waals surface area contributed by atoms with Crippen molar-refractivity contribution < 1.29 is 4.79 Å². The maximum Gasteiger partial charge on any atom is 0.258 e. The first-order valence-electron chi connectivity index (χ1n) is 10.1. The van der Waals surface area contributed by atoms with E-state index >= 15 is 0 Å². The van der Waals surface area contributed by atoms with Crippen molar-refractivity contribution in [3.63, 3.8) is 0 Å². The number of hydrogen-bond donors (Lipinski definition) is 1. The van der Waals surface area contributed by atoms with Crippen LogP contribution >= 0.6 is 0 Å². The molecule has 1 N–H and O–H groups in total. The first-order valence-corrected chi connectivity index (χ1v) is 10.1. The molecule has 4 atom stereocenters. The molecule has 4 nitrogen and oxygen atoms in total. The van der Waals surface area contributed by atoms with Crippen LogP contribution in [0.5, 0.6) is 0 Å². The summed E-state index contributed by atoms with van der Waals surface area (Å²) in [5.41, 5.74) is 1.63. The third kappa shape index (κ3) is 2.35. The van der Waals surface area contributed by atoms with Gasteiger partial charge in [-0.1, -0.05) is 19.9 Å². The molecule has 4 bridgehead atoms. The van der Waals surface area contributed by atoms with Crippen LogP contribution in [-0.2, 0) is 11.8 Å². The summed E-state index contributed by atoms with van der Waals surface area (Å²) in [6, 6.07) is 7.49. The summed E-state index contributed by atoms with van der Waals surface area (Å²) in [4.78, 5) is 25.4. The van der Waals surface area contributed by atoms with E-state index in [-0.39, 0.29) is 16.9 Å². The average molecular weight is 364 g/mol. The molecule has 2 aromatic rings. The number of aryl methyl sites for hydroxylation is 1. The molecule has 1 aromatic heterocycles. The van der Waals surface area contributed by atoms with E-state index in [9.17, 15) is 9.59 Å². The van der Waals surface area contributed by atoms with Gasteiger partial charge in [0.25, 0.3) is 5.56 Å². The Hall–Kier alpha value is -2.10. The summed E-state index contributed by atoms with van der Waals surface area (Å²) in [6.45, 7) is 4.85. The summed E-state index contributed by atoms with van der Waals surface area (Å²) in [5.74, 6) is 0.900. The number of pyridine rings is 1. The molecule has 27 heavy (non-hydrogen) atoms. The van der Waals surface area contributed by atoms with E-state index in [0.29, 0.717) is 22.6 Å². The van der Waals surface area contributed by atoms with Crippen LogP contribution in [0.15, 0.2) is 35.3 Å². The van der Waals surface area contributed by atoms with Crippen molar-refractivity contribution in [3.05, 3.63) is 40.8 Å². The largest absolute Gasteiger partial charge is 0.325 e. The van der Waals surface area contributed by atoms with Gasteiger partial charge in [0.2, 0.25) is 5.91 Å². The van der Waals surface area contributed by atoms with Crippen LogP contribution in [0.2, 0.25) is 0 Å². The second-order valence-electron chi connectivity index (χ2n) is 10.2. The van der Waals surface area contributed by atoms with Crippen molar-refractivity contribution in [1.82, 2.24) is 4.57 Å². The molecule has 4 heteroatoms. The lowest BCUT2D eigenvalue weighted by Crippen LogP contribution is -2.34. The molecule has 142 valence electrons. The van der Waals surface area contributed by atoms with E-state index in [1.807, 2.05) is 24.3 Å². The minimum absolute atomic E-state index is 0.0330. The number of hydrogen-bond acceptors (Lipinski definition) is 2. The molecule has 6 rings (SSSR count). The van der Waals surface area contributed by atoms with E-state index in [1.54, 1.807) is 17.8 Å². The van der Waals surface area contributed by atoms with Crippen LogP contribution in [0.25, 0.3) is 10.8 Å². The molecule has 0 saturated heterocycles. The highest BCUT2D eigenvalue weighted by Gasteiger charge is 2.68. The van der Waals surface area contributed by atoms with Gasteiger partial charge in [-0.25, -0.2) is 0 Å². The van der Waals surface area contributed by atoms with Gasteiger partial charge in [-0.2, -0.15) is 0 Å². The van der Waals surface area contributed by atoms with Crippen LogP contribution in [-0.4, -0.2) is 10.5 Å². The summed E-state index contributed by atoms with van der Waals surface area (Å²) < 4.78 is 1.57. The number of rotatable bonds is 3. The zero-order valence-electron chi connectivity index (χ0n) is 16.5. The first-order chi connectivity index (χ1) is 12.7. The van der Waals surface area contributed by atoms with Crippen molar-refractivity contribution in [2.24, 2.45) is 29.2 Å². The van der Waals surface area contributed by atoms with Crippen molar-refractivity contribution in [2.45, 2.75) is 52.4 Å². The molecule has 4 aliphatic carbocycles. The molecule has 4 fully saturated rings. The van der Waals surface area contributed by atoms with Crippen LogP contribution in [0.3, 0.4) is 0 Å². The fourth-order valence-corrected chi connectivity index (χ4v) is 7.41. The molecule has 1 heterocycles. The summed E-state index contributed by atoms with van der Waals surface area (Å²) in [5, 5.41) is 4.61. The number of nitrogens with zero attached hydrogens (tertiary/aromatic N) is 1. The molecule has 1 aromatic carbocycles. The zero-order valence-corrected chi connectivity index (χ0v) is 16.5. The van der Waals surface area contributed by atoms with Gasteiger partial charge in [0, 0.05) is 36.1 Å². The Balaban J connectivity index is 1.43. The third-order valence-electron chi connectivity index (χ3n) is 7.96. The van der Waals surface area contributed by atoms with E-state index in [2.05, 4.69) is 19.2 Å². The monoisotopic (exact) mass is 364 g/mol. The fourth-order valence-electron chi connectivity index (χ4n) is 7.41. The standard InChI is InChI=1S/C23H28N2O2/c1-21-9-15-10-22(2,13-21)23(11-15,14-21)12-19(26)24-18-6-4-5-17-16(18)7-8-25(3)20(17)27/h4-8,15H,9-14H2,1-3H3,(H,24,26). The third-order valence-corrected chi connectivity index (χ3v) is 7.96. The lowest BCUT2D eigenvalue weighted by Gasteiger charge is -2.38. The van der Waals surface area contributed by atoms with Crippen LogP contribution in [0.1, 0.15) is 52.4 Å². The molecule has 4 saturated carbocycles. The minimum atomic E-state index is -0.0330. The highest BCUT2D eigenvalue weighted by molar-refractivity contribution is 6.02. The quantitative estimate of drug-likeness (QED) is 0.873. The maximum atomic E-state index is 13.1. The Morgan fingerprint density at radius 2 is 1.96 bits per heavy atom. The molecular weight excluding hydrogens is 336 g/mol. The molecular formula is C23H28N2O2. The number of carbonyl (C=O) groups excluding carboxylic acids is 1. The average Bonchev–Trinajstić information content (AvgIpc) is 2.84. The van der Waals surface area contributed by atoms with Crippen molar-refractivity contribution in [3.8, 4) is 0 Å². The number of anilines is 1. The number of carbonyl (C=O) groups is 1. The van der Waals surface area contributed by atoms with Gasteiger partial charge in [0.15, 0.2) is 0 Å². The molecule has 4 aliphatic rings. The van der Waals surface area contributed by atoms with Crippen molar-refractivity contribution in [2.75, 3.05) is 5.32 Å². The van der Waals surface area contributed by atoms with Crippen molar-refractivity contribution >= 4 is 22.4 Å². The fraction of sp³-hybridized carbons (Fsp3) is 0.565. The lowest BCUT2D eigenvalue weighted by molar-refractivity contribution is -0.119. The summed E-state index contributed by atoms with van der Waals surface area (Å²) in [6.07, 6.45) is 8.68. The first kappa shape index (κ1) is 17.0. The van der Waals surface area contributed by atoms with Crippen molar-refractivity contribution in [1.29, 1.82) is 0 Å². The van der Waals surface area contributed by atoms with Gasteiger partial charge in [-0.15, -0.1) is 0 Å². The Morgan fingerprint density at radius 3 is 2.74 bits per heavy atom. The van der Waals surface area contributed by atoms with Gasteiger partial charge in [-0.3, -0.25) is 9.59 Å². The normalized spacial score (nSPS) is 36.5. The highest BCUT2D eigenvalue weighted by Crippen LogP contribution is 2.77. The molecule has 0 aliphatic heterocycles. The number of amides is 1. The van der Waals surface area contributed by atoms with Crippen LogP contribution < -0.4 is 10.9 Å². The number of fused-ring (bicyclic) bond motifs is 1. The number of nitrogens with one attached hydrogen (secondary N) is 1. The number of aromatic nitrogens is 1. The molecule has 1 amide bonds. The lowest BCUT2D eigenvalue weighted by atomic mass is 9.66. The van der Waals surface area contributed by atoms with Crippen LogP contribution in [0.4, 0.5) is 5.69 Å². The SMILES string of the molecule is Cn1ccc2c(NC(=O)CC34CC5CC(C)(CC3(C)C5)C4)cccc2c1=O. The minimum Gasteiger partial charge on any atom is -0.325 e. The second kappa shape index (κ2) is 5.24. The summed E-state index contributed by atoms with van der Waals surface area (Å²) in [7, 11) is 1.75. The Kier molecular flexibility index (Phi) is 3.31. The van der Waals surface area contributed by atoms with E-state index < -0.39 is 0 Å². The van der Waals surface area contributed by atoms with Crippen LogP contribution in [0, 0.1) is 22.2 Å². The molecule has 0 radical (unpaired) electrons. The predicted molar refractivity (Wildman–Crippen MR) is 108 cm³/mol. The summed E-state index contributed by atoms with van der Waals surface area (Å²) >= 11 is 0. The maximum absolute atomic E-state index is 13.1. The van der Waals surface area contributed by atoms with E-state index in [0.717, 1.165) is 17.0 Å². The van der Waals surface area contributed by atoms with E-state index in [4.69, 9.17) is 0 Å². The number of benzene rings is 1. The molecule has 0 spiro atoms. The highest BCUT2D eigenvalue weighted by atomic mass is 16.1. The van der Waals surface area contributed by atoms with Gasteiger partial charge in [0.1, 0.15) is 0 Å². The smallest absolute Gasteiger partial charge is 0.258 e. The zero-order chi connectivity index (χ0) is 19.0. The Morgan fingerprint density at radius 1 is 1.15 bits per heavy atom. The van der Waals surface area contributed by atoms with Gasteiger partial charge >= 0.3 is 0 Å². The van der Waals surface area contributed by atoms with Gasteiger partial charge in [0.05, 0.1) is 0 Å². The van der Waals surface area contributed by atoms with Gasteiger partial charge < -0.3 is 9.88 Å². The van der Waals surface area contributed by atoms with Gasteiger partial charge in [-0.05, 0) is 72.5 Å². The topological polar surface area (TPSA) is 51.1 Å². The Labute approximate surface area is 160 Å². The molecule has 4 unspecified atom stereocenters. The predicted octanol–water partition coefficient (Wildman–Crippen LogP) is 4.47. The van der Waals surface area contributed by atoms with E-state index in [1.165, 1.54) is 32.1 Å². The second-order valence-corrected chi connectivity index (χ2v) is 10.2. The Bertz CT molecular complexity index is 1020.